The minimum atomic E-state index is -0.601. The lowest BCUT2D eigenvalue weighted by Crippen LogP contribution is -2.34. The largest absolute Gasteiger partial charge is 0.347 e. The van der Waals surface area contributed by atoms with E-state index < -0.39 is 6.04 Å². The molecule has 112 valence electrons. The van der Waals surface area contributed by atoms with Gasteiger partial charge in [-0.2, -0.15) is 0 Å². The van der Waals surface area contributed by atoms with Gasteiger partial charge in [-0.1, -0.05) is 30.3 Å². The Morgan fingerprint density at radius 1 is 1.36 bits per heavy atom. The molecule has 1 atom stereocenters. The number of nitrogens with zero attached hydrogens (tertiary/aromatic N) is 5. The number of amides is 1. The summed E-state index contributed by atoms with van der Waals surface area (Å²) in [5.41, 5.74) is 0.828. The van der Waals surface area contributed by atoms with Gasteiger partial charge in [0.25, 0.3) is 0 Å². The monoisotopic (exact) mass is 314 g/mol. The average Bonchev–Trinajstić information content (AvgIpc) is 3.19. The van der Waals surface area contributed by atoms with Crippen LogP contribution >= 0.6 is 11.3 Å². The fourth-order valence-corrected chi connectivity index (χ4v) is 2.67. The Bertz CT molecular complexity index is 740. The maximum Gasteiger partial charge on any atom is 0.249 e. The van der Waals surface area contributed by atoms with E-state index in [0.29, 0.717) is 12.4 Å². The van der Waals surface area contributed by atoms with Crippen LogP contribution in [0, 0.1) is 6.92 Å². The predicted octanol–water partition coefficient (Wildman–Crippen LogP) is 1.34. The number of carbonyl (C=O) groups excluding carboxylic acids is 1. The zero-order chi connectivity index (χ0) is 15.4. The number of hydrogen-bond donors (Lipinski definition) is 1. The molecule has 3 rings (SSSR count). The Hall–Kier alpha value is -2.61. The molecule has 0 aliphatic heterocycles. The quantitative estimate of drug-likeness (QED) is 0.768. The molecule has 3 aromatic rings. The van der Waals surface area contributed by atoms with E-state index in [-0.39, 0.29) is 5.91 Å². The van der Waals surface area contributed by atoms with E-state index in [1.807, 2.05) is 35.7 Å². The first-order valence-corrected chi connectivity index (χ1v) is 7.59. The van der Waals surface area contributed by atoms with Gasteiger partial charge in [-0.15, -0.1) is 16.4 Å². The molecular weight excluding hydrogens is 300 g/mol. The number of carbonyl (C=O) groups is 1. The summed E-state index contributed by atoms with van der Waals surface area (Å²) in [6.45, 7) is 2.16. The van der Waals surface area contributed by atoms with E-state index in [9.17, 15) is 4.79 Å². The number of benzene rings is 1. The molecule has 1 aromatic carbocycles. The summed E-state index contributed by atoms with van der Waals surface area (Å²) >= 11 is 1.50. The van der Waals surface area contributed by atoms with E-state index in [1.165, 1.54) is 16.0 Å². The van der Waals surface area contributed by atoms with Gasteiger partial charge in [0.1, 0.15) is 10.8 Å². The minimum absolute atomic E-state index is 0.170. The van der Waals surface area contributed by atoms with Gasteiger partial charge in [0.05, 0.1) is 6.54 Å². The normalized spacial score (nSPS) is 12.0. The Balaban J connectivity index is 1.85. The zero-order valence-corrected chi connectivity index (χ0v) is 12.7. The molecule has 1 unspecified atom stereocenters. The van der Waals surface area contributed by atoms with E-state index in [2.05, 4.69) is 25.8 Å². The number of aryl methyl sites for hydroxylation is 1. The van der Waals surface area contributed by atoms with Crippen LogP contribution in [0.2, 0.25) is 0 Å². The van der Waals surface area contributed by atoms with Crippen LogP contribution in [-0.4, -0.2) is 31.1 Å². The van der Waals surface area contributed by atoms with Gasteiger partial charge in [-0.3, -0.25) is 4.79 Å². The molecule has 0 aliphatic carbocycles. The maximum absolute atomic E-state index is 12.6. The van der Waals surface area contributed by atoms with Crippen molar-refractivity contribution in [1.29, 1.82) is 0 Å². The Kier molecular flexibility index (Phi) is 4.19. The second kappa shape index (κ2) is 6.44. The molecule has 0 saturated heterocycles. The topological polar surface area (TPSA) is 85.6 Å². The van der Waals surface area contributed by atoms with Gasteiger partial charge in [0.2, 0.25) is 5.91 Å². The highest BCUT2D eigenvalue weighted by molar-refractivity contribution is 7.09. The number of tetrazole rings is 1. The van der Waals surface area contributed by atoms with E-state index >= 15 is 0 Å². The van der Waals surface area contributed by atoms with Crippen LogP contribution in [-0.2, 0) is 11.3 Å². The molecule has 0 fully saturated rings. The highest BCUT2D eigenvalue weighted by Gasteiger charge is 2.25. The van der Waals surface area contributed by atoms with Gasteiger partial charge >= 0.3 is 0 Å². The molecular formula is C14H14N6OS. The van der Waals surface area contributed by atoms with Crippen molar-refractivity contribution in [1.82, 2.24) is 30.5 Å². The number of thiazole rings is 1. The van der Waals surface area contributed by atoms with Gasteiger partial charge in [0.15, 0.2) is 6.04 Å². The fourth-order valence-electron chi connectivity index (χ4n) is 2.12. The highest BCUT2D eigenvalue weighted by atomic mass is 32.1. The van der Waals surface area contributed by atoms with Crippen LogP contribution in [0.15, 0.2) is 41.9 Å². The fraction of sp³-hybridized carbons (Fsp3) is 0.214. The molecule has 22 heavy (non-hydrogen) atoms. The van der Waals surface area contributed by atoms with Crippen molar-refractivity contribution in [3.8, 4) is 0 Å². The van der Waals surface area contributed by atoms with Crippen LogP contribution in [0.5, 0.6) is 0 Å². The number of hydrogen-bond acceptors (Lipinski definition) is 6. The Morgan fingerprint density at radius 2 is 2.18 bits per heavy atom. The van der Waals surface area contributed by atoms with Crippen molar-refractivity contribution in [2.45, 2.75) is 19.5 Å². The van der Waals surface area contributed by atoms with Gasteiger partial charge < -0.3 is 5.32 Å². The number of aromatic nitrogens is 5. The van der Waals surface area contributed by atoms with Crippen LogP contribution < -0.4 is 5.32 Å². The number of nitrogens with one attached hydrogen (secondary N) is 1. The van der Waals surface area contributed by atoms with E-state index in [4.69, 9.17) is 0 Å². The molecule has 7 nitrogen and oxygen atoms in total. The van der Waals surface area contributed by atoms with Crippen molar-refractivity contribution in [3.63, 3.8) is 0 Å². The third kappa shape index (κ3) is 3.01. The smallest absolute Gasteiger partial charge is 0.249 e. The van der Waals surface area contributed by atoms with Gasteiger partial charge in [0, 0.05) is 11.6 Å². The third-order valence-corrected chi connectivity index (χ3v) is 3.94. The first-order chi connectivity index (χ1) is 10.8. The molecule has 2 heterocycles. The Labute approximate surface area is 131 Å². The summed E-state index contributed by atoms with van der Waals surface area (Å²) in [5, 5.41) is 17.1. The summed E-state index contributed by atoms with van der Waals surface area (Å²) < 4.78 is 1.52. The molecule has 0 bridgehead atoms. The average molecular weight is 314 g/mol. The summed E-state index contributed by atoms with van der Waals surface area (Å²) in [6, 6.07) is 8.84. The molecule has 0 radical (unpaired) electrons. The molecule has 1 N–H and O–H groups in total. The first kappa shape index (κ1) is 14.3. The van der Waals surface area contributed by atoms with Gasteiger partial charge in [-0.05, 0) is 22.9 Å². The highest BCUT2D eigenvalue weighted by Crippen LogP contribution is 2.18. The molecule has 2 aromatic heterocycles. The molecule has 0 aliphatic rings. The molecule has 0 spiro atoms. The van der Waals surface area contributed by atoms with Crippen LogP contribution in [0.3, 0.4) is 0 Å². The lowest BCUT2D eigenvalue weighted by Gasteiger charge is -2.17. The van der Waals surface area contributed by atoms with Crippen LogP contribution in [0.1, 0.15) is 22.4 Å². The van der Waals surface area contributed by atoms with E-state index in [1.54, 1.807) is 13.1 Å². The Morgan fingerprint density at radius 3 is 2.82 bits per heavy atom. The minimum Gasteiger partial charge on any atom is -0.347 e. The van der Waals surface area contributed by atoms with Crippen LogP contribution in [0.4, 0.5) is 0 Å². The molecule has 1 amide bonds. The van der Waals surface area contributed by atoms with Crippen molar-refractivity contribution >= 4 is 17.2 Å². The van der Waals surface area contributed by atoms with Crippen molar-refractivity contribution in [2.24, 2.45) is 0 Å². The lowest BCUT2D eigenvalue weighted by atomic mass is 10.1. The number of rotatable bonds is 5. The van der Waals surface area contributed by atoms with Gasteiger partial charge in [-0.25, -0.2) is 9.67 Å². The third-order valence-electron chi connectivity index (χ3n) is 3.16. The molecule has 0 saturated carbocycles. The zero-order valence-electron chi connectivity index (χ0n) is 11.9. The van der Waals surface area contributed by atoms with Crippen molar-refractivity contribution in [2.75, 3.05) is 0 Å². The second-order valence-corrected chi connectivity index (χ2v) is 5.61. The van der Waals surface area contributed by atoms with Crippen molar-refractivity contribution < 1.29 is 4.79 Å². The summed E-state index contributed by atoms with van der Waals surface area (Å²) in [4.78, 5) is 16.8. The summed E-state index contributed by atoms with van der Waals surface area (Å²) in [6.07, 6.45) is 1.71. The van der Waals surface area contributed by atoms with E-state index in [0.717, 1.165) is 10.6 Å². The van der Waals surface area contributed by atoms with Crippen molar-refractivity contribution in [3.05, 3.63) is 58.3 Å². The standard InChI is InChI=1S/C14H14N6OS/c1-10-17-18-19-20(10)13(11-5-3-2-4-6-11)14(21)16-9-12-15-7-8-22-12/h2-8,13H,9H2,1H3,(H,16,21). The predicted molar refractivity (Wildman–Crippen MR) is 81.1 cm³/mol. The maximum atomic E-state index is 12.6. The first-order valence-electron chi connectivity index (χ1n) is 6.71. The lowest BCUT2D eigenvalue weighted by molar-refractivity contribution is -0.123. The SMILES string of the molecule is Cc1nnnn1C(C(=O)NCc1nccs1)c1ccccc1. The summed E-state index contributed by atoms with van der Waals surface area (Å²) in [5.74, 6) is 0.412. The molecule has 8 heteroatoms. The summed E-state index contributed by atoms with van der Waals surface area (Å²) in [7, 11) is 0. The second-order valence-electron chi connectivity index (χ2n) is 4.63. The van der Waals surface area contributed by atoms with Crippen LogP contribution in [0.25, 0.3) is 0 Å².